The third-order valence-corrected chi connectivity index (χ3v) is 17.9. The highest BCUT2D eigenvalue weighted by Gasteiger charge is 2.26. The van der Waals surface area contributed by atoms with Crippen LogP contribution in [0.1, 0.15) is 26.3 Å². The second-order valence-electron chi connectivity index (χ2n) is 24.4. The molecule has 0 atom stereocenters. The Morgan fingerprint density at radius 2 is 0.618 bits per heavy atom. The molecule has 6 nitrogen and oxygen atoms in total. The zero-order valence-electron chi connectivity index (χ0n) is 49.5. The standard InChI is InChI=1S/C83H58N6/c1-83(2,3)64-41-43-69-71(52-64)79(60-38-36-54-22-14-16-24-56(54)46-60)68-42-39-57(50-70(68)78(69)59-37-35-53-21-13-15-23-55(53)45-59)58-40-44-74-77(51-58)89(67-29-11-6-12-30-67)82(86-74)63-48-61(80-84-72-31-17-19-33-75(72)87(80)65-25-7-4-8-26-65)47-62(49-63)81-85-73-32-18-20-34-76(73)88(81)66-27-9-5-10-28-66/h4-52H,1-3H3. The van der Waals surface area contributed by atoms with E-state index < -0.39 is 0 Å². The summed E-state index contributed by atoms with van der Waals surface area (Å²) in [5.74, 6) is 2.44. The van der Waals surface area contributed by atoms with Gasteiger partial charge in [0.15, 0.2) is 0 Å². The lowest BCUT2D eigenvalue weighted by atomic mass is 9.80. The molecule has 0 spiro atoms. The van der Waals surface area contributed by atoms with Crippen molar-refractivity contribution in [3.63, 3.8) is 0 Å². The molecule has 0 saturated heterocycles. The normalized spacial score (nSPS) is 12.0. The first-order chi connectivity index (χ1) is 43.7. The largest absolute Gasteiger partial charge is 0.292 e. The van der Waals surface area contributed by atoms with Crippen LogP contribution in [-0.4, -0.2) is 28.7 Å². The average molecular weight is 1140 g/mol. The van der Waals surface area contributed by atoms with E-state index >= 15 is 0 Å². The number of hydrogen-bond acceptors (Lipinski definition) is 3. The van der Waals surface area contributed by atoms with Gasteiger partial charge in [0.2, 0.25) is 0 Å². The topological polar surface area (TPSA) is 53.5 Å². The zero-order valence-corrected chi connectivity index (χ0v) is 49.5. The summed E-state index contributed by atoms with van der Waals surface area (Å²) in [6.45, 7) is 6.94. The molecule has 0 saturated carbocycles. The van der Waals surface area contributed by atoms with E-state index in [2.05, 4.69) is 332 Å². The monoisotopic (exact) mass is 1140 g/mol. The molecule has 0 aliphatic heterocycles. The smallest absolute Gasteiger partial charge is 0.145 e. The van der Waals surface area contributed by atoms with E-state index in [0.717, 1.165) is 95.5 Å². The maximum absolute atomic E-state index is 5.67. The molecular formula is C83H58N6. The van der Waals surface area contributed by atoms with E-state index in [1.165, 1.54) is 70.9 Å². The van der Waals surface area contributed by atoms with Crippen LogP contribution in [-0.2, 0) is 5.41 Å². The lowest BCUT2D eigenvalue weighted by Gasteiger charge is -2.23. The molecule has 17 aromatic rings. The van der Waals surface area contributed by atoms with Crippen molar-refractivity contribution in [2.45, 2.75) is 26.2 Å². The van der Waals surface area contributed by atoms with Gasteiger partial charge in [-0.05, 0) is 203 Å². The Morgan fingerprint density at radius 1 is 0.247 bits per heavy atom. The fourth-order valence-corrected chi connectivity index (χ4v) is 13.6. The molecule has 14 aromatic carbocycles. The van der Waals surface area contributed by atoms with Crippen LogP contribution < -0.4 is 0 Å². The van der Waals surface area contributed by atoms with Crippen molar-refractivity contribution in [3.05, 3.63) is 303 Å². The molecule has 420 valence electrons. The molecule has 17 rings (SSSR count). The Bertz CT molecular complexity index is 5510. The molecule has 89 heavy (non-hydrogen) atoms. The molecule has 0 amide bonds. The molecule has 6 heteroatoms. The van der Waals surface area contributed by atoms with Crippen LogP contribution >= 0.6 is 0 Å². The first-order valence-electron chi connectivity index (χ1n) is 30.6. The third-order valence-electron chi connectivity index (χ3n) is 17.9. The fourth-order valence-electron chi connectivity index (χ4n) is 13.6. The van der Waals surface area contributed by atoms with Crippen LogP contribution in [0.5, 0.6) is 0 Å². The van der Waals surface area contributed by atoms with Crippen LogP contribution in [0.4, 0.5) is 0 Å². The van der Waals surface area contributed by atoms with Crippen molar-refractivity contribution in [1.82, 2.24) is 28.7 Å². The Morgan fingerprint density at radius 3 is 1.10 bits per heavy atom. The van der Waals surface area contributed by atoms with Crippen LogP contribution in [0, 0.1) is 0 Å². The van der Waals surface area contributed by atoms with E-state index in [-0.39, 0.29) is 5.41 Å². The lowest BCUT2D eigenvalue weighted by Crippen LogP contribution is -2.10. The first-order valence-corrected chi connectivity index (χ1v) is 30.6. The fraction of sp³-hybridized carbons (Fsp3) is 0.0482. The molecule has 0 unspecified atom stereocenters. The second kappa shape index (κ2) is 20.6. The number of benzene rings is 14. The van der Waals surface area contributed by atoms with Gasteiger partial charge in [-0.2, -0.15) is 0 Å². The number of rotatable bonds is 9. The predicted molar refractivity (Wildman–Crippen MR) is 372 cm³/mol. The lowest BCUT2D eigenvalue weighted by molar-refractivity contribution is 0.591. The highest BCUT2D eigenvalue weighted by molar-refractivity contribution is 6.23. The van der Waals surface area contributed by atoms with Crippen LogP contribution in [0.3, 0.4) is 0 Å². The van der Waals surface area contributed by atoms with Gasteiger partial charge >= 0.3 is 0 Å². The zero-order chi connectivity index (χ0) is 59.3. The van der Waals surface area contributed by atoms with E-state index in [4.69, 9.17) is 15.0 Å². The maximum atomic E-state index is 5.67. The van der Waals surface area contributed by atoms with Crippen molar-refractivity contribution in [3.8, 4) is 84.6 Å². The minimum Gasteiger partial charge on any atom is -0.292 e. The maximum Gasteiger partial charge on any atom is 0.145 e. The van der Waals surface area contributed by atoms with E-state index in [1.54, 1.807) is 0 Å². The summed E-state index contributed by atoms with van der Waals surface area (Å²) >= 11 is 0. The van der Waals surface area contributed by atoms with Crippen LogP contribution in [0.2, 0.25) is 0 Å². The first kappa shape index (κ1) is 51.9. The molecular weight excluding hydrogens is 1080 g/mol. The highest BCUT2D eigenvalue weighted by atomic mass is 15.1. The number of fused-ring (bicyclic) bond motifs is 7. The Balaban J connectivity index is 0.916. The van der Waals surface area contributed by atoms with Gasteiger partial charge in [0, 0.05) is 33.8 Å². The molecule has 3 aromatic heterocycles. The summed E-state index contributed by atoms with van der Waals surface area (Å²) in [6, 6.07) is 108. The van der Waals surface area contributed by atoms with Crippen molar-refractivity contribution < 1.29 is 0 Å². The third kappa shape index (κ3) is 8.82. The Hall–Kier alpha value is -11.5. The number of aromatic nitrogens is 6. The van der Waals surface area contributed by atoms with Crippen LogP contribution in [0.15, 0.2) is 297 Å². The Kier molecular flexibility index (Phi) is 12.0. The minimum absolute atomic E-state index is 0.0610. The molecule has 0 N–H and O–H groups in total. The summed E-state index contributed by atoms with van der Waals surface area (Å²) in [5.41, 5.74) is 19.8. The quantitative estimate of drug-likeness (QED) is 0.135. The second-order valence-corrected chi connectivity index (χ2v) is 24.4. The van der Waals surface area contributed by atoms with Gasteiger partial charge in [-0.15, -0.1) is 0 Å². The highest BCUT2D eigenvalue weighted by Crippen LogP contribution is 2.48. The van der Waals surface area contributed by atoms with Crippen molar-refractivity contribution in [2.75, 3.05) is 0 Å². The summed E-state index contributed by atoms with van der Waals surface area (Å²) in [4.78, 5) is 16.6. The van der Waals surface area contributed by atoms with Gasteiger partial charge in [0.05, 0.1) is 33.1 Å². The van der Waals surface area contributed by atoms with Crippen LogP contribution in [0.25, 0.3) is 161 Å². The number of hydrogen-bond donors (Lipinski definition) is 0. The van der Waals surface area contributed by atoms with Gasteiger partial charge in [-0.1, -0.05) is 203 Å². The minimum atomic E-state index is -0.0610. The molecule has 0 aliphatic carbocycles. The van der Waals surface area contributed by atoms with Crippen molar-refractivity contribution in [1.29, 1.82) is 0 Å². The van der Waals surface area contributed by atoms with Gasteiger partial charge in [0.25, 0.3) is 0 Å². The Labute approximate surface area is 515 Å². The van der Waals surface area contributed by atoms with Gasteiger partial charge in [0.1, 0.15) is 17.5 Å². The van der Waals surface area contributed by atoms with Gasteiger partial charge in [-0.3, -0.25) is 13.7 Å². The molecule has 3 heterocycles. The summed E-state index contributed by atoms with van der Waals surface area (Å²) in [5, 5.41) is 9.76. The molecule has 0 aliphatic rings. The van der Waals surface area contributed by atoms with E-state index in [1.807, 2.05) is 0 Å². The number of imidazole rings is 3. The summed E-state index contributed by atoms with van der Waals surface area (Å²) in [7, 11) is 0. The van der Waals surface area contributed by atoms with E-state index in [0.29, 0.717) is 0 Å². The SMILES string of the molecule is CC(C)(C)c1ccc2c(-c3ccc4ccccc4c3)c3cc(-c4ccc5nc(-c6cc(-c7nc8ccccc8n7-c7ccccc7)cc(-c7nc8ccccc8n7-c7ccccc7)c6)n(-c6ccccc6)c5c4)ccc3c(-c3ccc4ccccc4c3)c2c1. The van der Waals surface area contributed by atoms with Gasteiger partial charge < -0.3 is 0 Å². The predicted octanol–water partition coefficient (Wildman–Crippen LogP) is 21.6. The van der Waals surface area contributed by atoms with Crippen molar-refractivity contribution >= 4 is 76.2 Å². The van der Waals surface area contributed by atoms with Gasteiger partial charge in [-0.25, -0.2) is 15.0 Å². The van der Waals surface area contributed by atoms with E-state index in [9.17, 15) is 0 Å². The van der Waals surface area contributed by atoms with Crippen molar-refractivity contribution in [2.24, 2.45) is 0 Å². The number of nitrogens with zero attached hydrogens (tertiary/aromatic N) is 6. The molecule has 0 radical (unpaired) electrons. The average Bonchev–Trinajstić information content (AvgIpc) is 1.88. The number of para-hydroxylation sites is 7. The molecule has 0 fully saturated rings. The molecule has 0 bridgehead atoms. The summed E-state index contributed by atoms with van der Waals surface area (Å²) < 4.78 is 6.88. The summed E-state index contributed by atoms with van der Waals surface area (Å²) in [6.07, 6.45) is 0.